The molecule has 2 N–H and O–H groups in total. The molecule has 1 unspecified atom stereocenters. The first kappa shape index (κ1) is 16.6. The SMILES string of the molecule is CNC(=O)c1nn(C(C)C)c2c1C(C)Cc1nc(NC(C)=O)sc1-2. The number of rotatable bonds is 3. The van der Waals surface area contributed by atoms with Crippen molar-refractivity contribution in [2.45, 2.75) is 46.1 Å². The standard InChI is InChI=1S/C16H21N5O2S/c1-7(2)21-13-11(12(20-21)15(23)17-5)8(3)6-10-14(13)24-16(19-10)18-9(4)22/h7-8H,6H2,1-5H3,(H,17,23)(H,18,19,22). The van der Waals surface area contributed by atoms with E-state index in [2.05, 4.69) is 27.6 Å². The molecule has 0 aliphatic heterocycles. The highest BCUT2D eigenvalue weighted by Gasteiger charge is 2.35. The van der Waals surface area contributed by atoms with Gasteiger partial charge < -0.3 is 10.6 Å². The third kappa shape index (κ3) is 2.60. The van der Waals surface area contributed by atoms with E-state index in [0.717, 1.165) is 28.2 Å². The van der Waals surface area contributed by atoms with Gasteiger partial charge >= 0.3 is 0 Å². The van der Waals surface area contributed by atoms with Crippen LogP contribution in [-0.2, 0) is 11.2 Å². The van der Waals surface area contributed by atoms with Crippen LogP contribution < -0.4 is 10.6 Å². The lowest BCUT2D eigenvalue weighted by molar-refractivity contribution is -0.114. The molecule has 0 bridgehead atoms. The predicted octanol–water partition coefficient (Wildman–Crippen LogP) is 2.57. The second-order valence-corrected chi connectivity index (χ2v) is 7.31. The van der Waals surface area contributed by atoms with Gasteiger partial charge in [0.2, 0.25) is 5.91 Å². The summed E-state index contributed by atoms with van der Waals surface area (Å²) in [6.07, 6.45) is 0.728. The second-order valence-electron chi connectivity index (χ2n) is 6.31. The highest BCUT2D eigenvalue weighted by Crippen LogP contribution is 2.46. The van der Waals surface area contributed by atoms with E-state index < -0.39 is 0 Å². The van der Waals surface area contributed by atoms with Gasteiger partial charge in [-0.05, 0) is 26.2 Å². The maximum absolute atomic E-state index is 12.3. The predicted molar refractivity (Wildman–Crippen MR) is 93.5 cm³/mol. The molecule has 1 aliphatic rings. The van der Waals surface area contributed by atoms with Crippen molar-refractivity contribution in [1.29, 1.82) is 0 Å². The van der Waals surface area contributed by atoms with Crippen LogP contribution in [-0.4, -0.2) is 33.6 Å². The summed E-state index contributed by atoms with van der Waals surface area (Å²) >= 11 is 1.44. The largest absolute Gasteiger partial charge is 0.354 e. The van der Waals surface area contributed by atoms with Crippen LogP contribution in [0.3, 0.4) is 0 Å². The van der Waals surface area contributed by atoms with Gasteiger partial charge in [0.25, 0.3) is 5.91 Å². The van der Waals surface area contributed by atoms with E-state index >= 15 is 0 Å². The number of anilines is 1. The van der Waals surface area contributed by atoms with Gasteiger partial charge in [0.05, 0.1) is 16.3 Å². The van der Waals surface area contributed by atoms with E-state index in [4.69, 9.17) is 0 Å². The minimum absolute atomic E-state index is 0.113. The van der Waals surface area contributed by atoms with E-state index in [-0.39, 0.29) is 23.8 Å². The smallest absolute Gasteiger partial charge is 0.271 e. The summed E-state index contributed by atoms with van der Waals surface area (Å²) < 4.78 is 1.89. The van der Waals surface area contributed by atoms with Crippen LogP contribution in [0.1, 0.15) is 61.4 Å². The van der Waals surface area contributed by atoms with Crippen LogP contribution >= 0.6 is 11.3 Å². The van der Waals surface area contributed by atoms with E-state index in [0.29, 0.717) is 10.8 Å². The Morgan fingerprint density at radius 2 is 2.08 bits per heavy atom. The van der Waals surface area contributed by atoms with Crippen molar-refractivity contribution < 1.29 is 9.59 Å². The first-order valence-corrected chi connectivity index (χ1v) is 8.77. The molecule has 0 saturated carbocycles. The Kier molecular flexibility index (Phi) is 4.16. The first-order chi connectivity index (χ1) is 11.3. The normalized spacial score (nSPS) is 15.8. The van der Waals surface area contributed by atoms with E-state index in [1.807, 2.05) is 18.5 Å². The monoisotopic (exact) mass is 347 g/mol. The molecular weight excluding hydrogens is 326 g/mol. The minimum Gasteiger partial charge on any atom is -0.354 e. The zero-order chi connectivity index (χ0) is 17.6. The fourth-order valence-electron chi connectivity index (χ4n) is 3.07. The van der Waals surface area contributed by atoms with Crippen LogP contribution in [0, 0.1) is 0 Å². The summed E-state index contributed by atoms with van der Waals surface area (Å²) in [5.41, 5.74) is 3.35. The molecule has 0 radical (unpaired) electrons. The summed E-state index contributed by atoms with van der Waals surface area (Å²) in [6, 6.07) is 0.113. The number of hydrogen-bond donors (Lipinski definition) is 2. The van der Waals surface area contributed by atoms with Crippen LogP contribution in [0.25, 0.3) is 10.6 Å². The van der Waals surface area contributed by atoms with Gasteiger partial charge in [-0.15, -0.1) is 0 Å². The molecule has 8 heteroatoms. The lowest BCUT2D eigenvalue weighted by atomic mass is 9.87. The Morgan fingerprint density at radius 3 is 2.67 bits per heavy atom. The van der Waals surface area contributed by atoms with Crippen molar-refractivity contribution in [2.24, 2.45) is 0 Å². The van der Waals surface area contributed by atoms with Crippen molar-refractivity contribution in [3.8, 4) is 10.6 Å². The fourth-order valence-corrected chi connectivity index (χ4v) is 4.16. The van der Waals surface area contributed by atoms with Crippen LogP contribution in [0.2, 0.25) is 0 Å². The van der Waals surface area contributed by atoms with Gasteiger partial charge in [0.1, 0.15) is 0 Å². The lowest BCUT2D eigenvalue weighted by Gasteiger charge is -2.20. The number of carbonyl (C=O) groups excluding carboxylic acids is 2. The maximum Gasteiger partial charge on any atom is 0.271 e. The van der Waals surface area contributed by atoms with Crippen LogP contribution in [0.4, 0.5) is 5.13 Å². The molecule has 1 atom stereocenters. The molecule has 0 spiro atoms. The van der Waals surface area contributed by atoms with Crippen LogP contribution in [0.5, 0.6) is 0 Å². The molecule has 0 aromatic carbocycles. The summed E-state index contributed by atoms with van der Waals surface area (Å²) in [6.45, 7) is 7.62. The molecule has 0 fully saturated rings. The van der Waals surface area contributed by atoms with Gasteiger partial charge in [-0.25, -0.2) is 4.98 Å². The van der Waals surface area contributed by atoms with Crippen molar-refractivity contribution in [3.63, 3.8) is 0 Å². The Morgan fingerprint density at radius 1 is 1.38 bits per heavy atom. The first-order valence-electron chi connectivity index (χ1n) is 7.95. The summed E-state index contributed by atoms with van der Waals surface area (Å²) in [5.74, 6) is -0.176. The summed E-state index contributed by atoms with van der Waals surface area (Å²) in [5, 5.41) is 10.6. The molecule has 7 nitrogen and oxygen atoms in total. The molecular formula is C16H21N5O2S. The van der Waals surface area contributed by atoms with Gasteiger partial charge in [-0.1, -0.05) is 18.3 Å². The number of nitrogens with one attached hydrogen (secondary N) is 2. The highest BCUT2D eigenvalue weighted by atomic mass is 32.1. The Hall–Kier alpha value is -2.22. The topological polar surface area (TPSA) is 88.9 Å². The number of hydrogen-bond acceptors (Lipinski definition) is 5. The van der Waals surface area contributed by atoms with Crippen molar-refractivity contribution in [3.05, 3.63) is 17.0 Å². The molecule has 2 aromatic rings. The van der Waals surface area contributed by atoms with Crippen molar-refractivity contribution in [2.75, 3.05) is 12.4 Å². The number of nitrogens with zero attached hydrogens (tertiary/aromatic N) is 3. The highest BCUT2D eigenvalue weighted by molar-refractivity contribution is 7.19. The van der Waals surface area contributed by atoms with E-state index in [1.165, 1.54) is 18.3 Å². The van der Waals surface area contributed by atoms with Gasteiger partial charge in [-0.3, -0.25) is 14.3 Å². The zero-order valence-corrected chi connectivity index (χ0v) is 15.2. The number of carbonyl (C=O) groups is 2. The fraction of sp³-hybridized carbons (Fsp3) is 0.500. The molecule has 0 saturated heterocycles. The summed E-state index contributed by atoms with van der Waals surface area (Å²) in [4.78, 5) is 29.2. The molecule has 2 amide bonds. The Balaban J connectivity index is 2.22. The second kappa shape index (κ2) is 6.01. The molecule has 128 valence electrons. The maximum atomic E-state index is 12.3. The Bertz CT molecular complexity index is 821. The molecule has 2 heterocycles. The van der Waals surface area contributed by atoms with E-state index in [1.54, 1.807) is 7.05 Å². The van der Waals surface area contributed by atoms with Crippen molar-refractivity contribution >= 4 is 28.3 Å². The third-order valence-electron chi connectivity index (χ3n) is 4.07. The van der Waals surface area contributed by atoms with Crippen LogP contribution in [0.15, 0.2) is 0 Å². The molecule has 1 aliphatic carbocycles. The molecule has 3 rings (SSSR count). The van der Waals surface area contributed by atoms with E-state index in [9.17, 15) is 9.59 Å². The number of thiazole rings is 1. The quantitative estimate of drug-likeness (QED) is 0.893. The summed E-state index contributed by atoms with van der Waals surface area (Å²) in [7, 11) is 1.61. The molecule has 24 heavy (non-hydrogen) atoms. The van der Waals surface area contributed by atoms with Gasteiger partial charge in [0, 0.05) is 25.6 Å². The van der Waals surface area contributed by atoms with Gasteiger partial charge in [-0.2, -0.15) is 5.10 Å². The molecule has 2 aromatic heterocycles. The average Bonchev–Trinajstić information content (AvgIpc) is 3.07. The zero-order valence-electron chi connectivity index (χ0n) is 14.4. The van der Waals surface area contributed by atoms with Gasteiger partial charge in [0.15, 0.2) is 10.8 Å². The number of fused-ring (bicyclic) bond motifs is 3. The Labute approximate surface area is 144 Å². The lowest BCUT2D eigenvalue weighted by Crippen LogP contribution is -2.21. The number of aromatic nitrogens is 3. The van der Waals surface area contributed by atoms with Crippen molar-refractivity contribution in [1.82, 2.24) is 20.1 Å². The number of amides is 2. The minimum atomic E-state index is -0.174. The third-order valence-corrected chi connectivity index (χ3v) is 5.09. The average molecular weight is 347 g/mol.